The van der Waals surface area contributed by atoms with Gasteiger partial charge in [0.05, 0.1) is 6.10 Å². The summed E-state index contributed by atoms with van der Waals surface area (Å²) in [6, 6.07) is 9.19. The van der Waals surface area contributed by atoms with Crippen molar-refractivity contribution < 1.29 is 4.74 Å². The van der Waals surface area contributed by atoms with E-state index in [-0.39, 0.29) is 0 Å². The zero-order chi connectivity index (χ0) is 13.7. The predicted octanol–water partition coefficient (Wildman–Crippen LogP) is 3.85. The Morgan fingerprint density at radius 2 is 2.05 bits per heavy atom. The summed E-state index contributed by atoms with van der Waals surface area (Å²) in [4.78, 5) is 0. The van der Waals surface area contributed by atoms with Gasteiger partial charge in [-0.05, 0) is 55.6 Å². The van der Waals surface area contributed by atoms with Crippen molar-refractivity contribution in [1.29, 1.82) is 0 Å². The molecule has 1 aromatic carbocycles. The zero-order valence-electron chi connectivity index (χ0n) is 12.0. The highest BCUT2D eigenvalue weighted by atomic mass is 32.1. The maximum absolute atomic E-state index is 5.32. The quantitative estimate of drug-likeness (QED) is 0.830. The van der Waals surface area contributed by atoms with Gasteiger partial charge in [-0.1, -0.05) is 18.2 Å². The Balaban J connectivity index is 2.01. The van der Waals surface area contributed by atoms with Crippen molar-refractivity contribution in [2.24, 2.45) is 0 Å². The molecular weight excluding hydrogens is 254 g/mol. The van der Waals surface area contributed by atoms with Crippen LogP contribution < -0.4 is 5.32 Å². The van der Waals surface area contributed by atoms with Crippen molar-refractivity contribution in [3.63, 3.8) is 0 Å². The van der Waals surface area contributed by atoms with Crippen LogP contribution in [0.15, 0.2) is 29.6 Å². The highest BCUT2D eigenvalue weighted by molar-refractivity contribution is 7.17. The number of nitrogens with one attached hydrogen (secondary N) is 1. The summed E-state index contributed by atoms with van der Waals surface area (Å²) in [5, 5.41) is 7.14. The van der Waals surface area contributed by atoms with Gasteiger partial charge in [-0.25, -0.2) is 0 Å². The molecule has 2 rings (SSSR count). The Morgan fingerprint density at radius 3 is 2.79 bits per heavy atom. The fourth-order valence-corrected chi connectivity index (χ4v) is 3.33. The molecule has 2 nitrogen and oxygen atoms in total. The van der Waals surface area contributed by atoms with Gasteiger partial charge in [0.1, 0.15) is 0 Å². The Bertz CT molecular complexity index is 508. The summed E-state index contributed by atoms with van der Waals surface area (Å²) in [5.74, 6) is 0. The zero-order valence-corrected chi connectivity index (χ0v) is 12.8. The number of benzene rings is 1. The van der Waals surface area contributed by atoms with Gasteiger partial charge in [0, 0.05) is 17.9 Å². The Labute approximate surface area is 119 Å². The Morgan fingerprint density at radius 1 is 1.26 bits per heavy atom. The maximum Gasteiger partial charge on any atom is 0.0543 e. The summed E-state index contributed by atoms with van der Waals surface area (Å²) in [6.45, 7) is 2.13. The first-order chi connectivity index (χ1) is 9.24. The second kappa shape index (κ2) is 7.04. The van der Waals surface area contributed by atoms with E-state index >= 15 is 0 Å². The third-order valence-electron chi connectivity index (χ3n) is 3.76. The molecule has 0 saturated carbocycles. The van der Waals surface area contributed by atoms with Gasteiger partial charge in [-0.3, -0.25) is 0 Å². The van der Waals surface area contributed by atoms with Crippen LogP contribution in [-0.4, -0.2) is 26.3 Å². The molecule has 2 aromatic rings. The number of fused-ring (bicyclic) bond motifs is 1. The van der Waals surface area contributed by atoms with Crippen LogP contribution >= 0.6 is 11.3 Å². The monoisotopic (exact) mass is 277 g/mol. The van der Waals surface area contributed by atoms with Crippen LogP contribution in [0.3, 0.4) is 0 Å². The molecule has 0 spiro atoms. The first kappa shape index (κ1) is 14.5. The number of ether oxygens (including phenoxy) is 1. The van der Waals surface area contributed by atoms with Gasteiger partial charge in [-0.15, -0.1) is 11.3 Å². The highest BCUT2D eigenvalue weighted by Gasteiger charge is 2.12. The van der Waals surface area contributed by atoms with E-state index in [1.807, 2.05) is 11.3 Å². The molecule has 1 N–H and O–H groups in total. The van der Waals surface area contributed by atoms with Gasteiger partial charge in [-0.2, -0.15) is 0 Å². The lowest BCUT2D eigenvalue weighted by Gasteiger charge is -2.18. The number of hydrogen-bond acceptors (Lipinski definition) is 3. The maximum atomic E-state index is 5.32. The van der Waals surface area contributed by atoms with Crippen LogP contribution in [0.5, 0.6) is 0 Å². The van der Waals surface area contributed by atoms with E-state index in [1.165, 1.54) is 15.6 Å². The van der Waals surface area contributed by atoms with Gasteiger partial charge >= 0.3 is 0 Å². The lowest BCUT2D eigenvalue weighted by Crippen LogP contribution is -2.28. The summed E-state index contributed by atoms with van der Waals surface area (Å²) in [7, 11) is 3.84. The predicted molar refractivity (Wildman–Crippen MR) is 84.1 cm³/mol. The third-order valence-corrected chi connectivity index (χ3v) is 4.77. The van der Waals surface area contributed by atoms with E-state index in [0.29, 0.717) is 12.1 Å². The van der Waals surface area contributed by atoms with Gasteiger partial charge in [0.25, 0.3) is 0 Å². The topological polar surface area (TPSA) is 21.3 Å². The molecule has 3 heteroatoms. The SMILES string of the molecule is CNC(CCC(C)OC)Cc1csc2ccccc12. The molecule has 0 aliphatic rings. The van der Waals surface area contributed by atoms with E-state index in [9.17, 15) is 0 Å². The Hall–Kier alpha value is -0.900. The van der Waals surface area contributed by atoms with Crippen LogP contribution in [0.25, 0.3) is 10.1 Å². The van der Waals surface area contributed by atoms with Gasteiger partial charge < -0.3 is 10.1 Å². The van der Waals surface area contributed by atoms with Gasteiger partial charge in [0.2, 0.25) is 0 Å². The molecule has 19 heavy (non-hydrogen) atoms. The molecule has 0 aliphatic heterocycles. The van der Waals surface area contributed by atoms with Crippen LogP contribution in [0.4, 0.5) is 0 Å². The van der Waals surface area contributed by atoms with Crippen LogP contribution in [0, 0.1) is 0 Å². The first-order valence-electron chi connectivity index (χ1n) is 6.89. The molecule has 0 radical (unpaired) electrons. The van der Waals surface area contributed by atoms with Crippen molar-refractivity contribution >= 4 is 21.4 Å². The molecular formula is C16H23NOS. The highest BCUT2D eigenvalue weighted by Crippen LogP contribution is 2.27. The van der Waals surface area contributed by atoms with E-state index in [2.05, 4.69) is 48.9 Å². The molecule has 0 saturated heterocycles. The molecule has 1 aromatic heterocycles. The summed E-state index contributed by atoms with van der Waals surface area (Å²) >= 11 is 1.84. The van der Waals surface area contributed by atoms with Crippen molar-refractivity contribution in [3.05, 3.63) is 35.2 Å². The summed E-state index contributed by atoms with van der Waals surface area (Å²) in [6.07, 6.45) is 3.69. The molecule has 0 bridgehead atoms. The minimum Gasteiger partial charge on any atom is -0.382 e. The molecule has 104 valence electrons. The standard InChI is InChI=1S/C16H23NOS/c1-12(18-3)8-9-14(17-2)10-13-11-19-16-7-5-4-6-15(13)16/h4-7,11-12,14,17H,8-10H2,1-3H3. The molecule has 1 heterocycles. The average Bonchev–Trinajstić information content (AvgIpc) is 2.86. The smallest absolute Gasteiger partial charge is 0.0543 e. The fourth-order valence-electron chi connectivity index (χ4n) is 2.36. The summed E-state index contributed by atoms with van der Waals surface area (Å²) < 4.78 is 6.71. The normalized spacial score (nSPS) is 14.7. The van der Waals surface area contributed by atoms with Crippen molar-refractivity contribution in [3.8, 4) is 0 Å². The largest absolute Gasteiger partial charge is 0.382 e. The Kier molecular flexibility index (Phi) is 5.37. The third kappa shape index (κ3) is 3.78. The first-order valence-corrected chi connectivity index (χ1v) is 7.77. The van der Waals surface area contributed by atoms with Crippen LogP contribution in [-0.2, 0) is 11.2 Å². The van der Waals surface area contributed by atoms with E-state index < -0.39 is 0 Å². The fraction of sp³-hybridized carbons (Fsp3) is 0.500. The molecule has 2 atom stereocenters. The molecule has 0 amide bonds. The number of rotatable bonds is 7. The number of likely N-dealkylation sites (N-methyl/N-ethyl adjacent to an activating group) is 1. The van der Waals surface area contributed by atoms with Crippen molar-refractivity contribution in [1.82, 2.24) is 5.32 Å². The molecule has 2 unspecified atom stereocenters. The van der Waals surface area contributed by atoms with E-state index in [1.54, 1.807) is 7.11 Å². The van der Waals surface area contributed by atoms with Crippen LogP contribution in [0.1, 0.15) is 25.3 Å². The van der Waals surface area contributed by atoms with Crippen molar-refractivity contribution in [2.75, 3.05) is 14.2 Å². The summed E-state index contributed by atoms with van der Waals surface area (Å²) in [5.41, 5.74) is 1.46. The van der Waals surface area contributed by atoms with Crippen molar-refractivity contribution in [2.45, 2.75) is 38.3 Å². The minimum absolute atomic E-state index is 0.343. The van der Waals surface area contributed by atoms with Crippen LogP contribution in [0.2, 0.25) is 0 Å². The number of hydrogen-bond donors (Lipinski definition) is 1. The second-order valence-electron chi connectivity index (χ2n) is 5.07. The van der Waals surface area contributed by atoms with E-state index in [4.69, 9.17) is 4.74 Å². The minimum atomic E-state index is 0.343. The molecule has 0 fully saturated rings. The molecule has 0 aliphatic carbocycles. The average molecular weight is 277 g/mol. The number of methoxy groups -OCH3 is 1. The van der Waals surface area contributed by atoms with Gasteiger partial charge in [0.15, 0.2) is 0 Å². The lowest BCUT2D eigenvalue weighted by atomic mass is 10.00. The number of thiophene rings is 1. The lowest BCUT2D eigenvalue weighted by molar-refractivity contribution is 0.106. The second-order valence-corrected chi connectivity index (χ2v) is 5.98. The van der Waals surface area contributed by atoms with E-state index in [0.717, 1.165) is 19.3 Å².